The van der Waals surface area contributed by atoms with Crippen molar-refractivity contribution in [1.29, 1.82) is 0 Å². The van der Waals surface area contributed by atoms with Crippen molar-refractivity contribution in [3.63, 3.8) is 0 Å². The maximum Gasteiger partial charge on any atom is 0.357 e. The molecule has 2 rings (SSSR count). The lowest BCUT2D eigenvalue weighted by atomic mass is 10.2. The zero-order chi connectivity index (χ0) is 17.7. The fourth-order valence-electron chi connectivity index (χ4n) is 1.71. The Morgan fingerprint density at radius 2 is 2.08 bits per heavy atom. The van der Waals surface area contributed by atoms with Gasteiger partial charge in [-0.1, -0.05) is 17.7 Å². The van der Waals surface area contributed by atoms with Gasteiger partial charge in [0.2, 0.25) is 0 Å². The zero-order valence-electron chi connectivity index (χ0n) is 12.4. The van der Waals surface area contributed by atoms with Gasteiger partial charge in [0.05, 0.1) is 15.6 Å². The molecule has 24 heavy (non-hydrogen) atoms. The van der Waals surface area contributed by atoms with Crippen LogP contribution in [0.25, 0.3) is 0 Å². The van der Waals surface area contributed by atoms with Gasteiger partial charge < -0.3 is 10.1 Å². The third kappa shape index (κ3) is 4.26. The summed E-state index contributed by atoms with van der Waals surface area (Å²) in [4.78, 5) is 37.8. The molecule has 0 bridgehead atoms. The summed E-state index contributed by atoms with van der Waals surface area (Å²) in [5, 5.41) is 13.1. The molecule has 0 spiro atoms. The number of hydrogen-bond acceptors (Lipinski definition) is 6. The van der Waals surface area contributed by atoms with E-state index in [0.717, 1.165) is 6.07 Å². The molecule has 1 atom stereocenters. The van der Waals surface area contributed by atoms with E-state index in [4.69, 9.17) is 16.3 Å². The summed E-state index contributed by atoms with van der Waals surface area (Å²) in [6.45, 7) is 1.38. The number of aromatic nitrogens is 1. The Morgan fingerprint density at radius 3 is 2.67 bits per heavy atom. The van der Waals surface area contributed by atoms with Gasteiger partial charge in [-0.25, -0.2) is 9.78 Å². The number of carbonyl (C=O) groups excluding carboxylic acids is 2. The predicted molar refractivity (Wildman–Crippen MR) is 85.9 cm³/mol. The number of nitrogens with one attached hydrogen (secondary N) is 1. The number of hydrogen-bond donors (Lipinski definition) is 1. The zero-order valence-corrected chi connectivity index (χ0v) is 13.2. The second kappa shape index (κ2) is 7.51. The molecule has 1 N–H and O–H groups in total. The second-order valence-electron chi connectivity index (χ2n) is 4.67. The third-order valence-corrected chi connectivity index (χ3v) is 3.26. The number of halogens is 1. The van der Waals surface area contributed by atoms with E-state index in [0.29, 0.717) is 0 Å². The molecule has 8 nitrogen and oxygen atoms in total. The van der Waals surface area contributed by atoms with Crippen molar-refractivity contribution in [1.82, 2.24) is 4.98 Å². The Bertz CT molecular complexity index is 782. The number of esters is 1. The van der Waals surface area contributed by atoms with Gasteiger partial charge in [-0.3, -0.25) is 14.9 Å². The molecule has 0 radical (unpaired) electrons. The van der Waals surface area contributed by atoms with E-state index in [1.165, 1.54) is 31.3 Å². The van der Waals surface area contributed by atoms with Gasteiger partial charge in [0.25, 0.3) is 11.6 Å². The number of nitro benzene ring substituents is 1. The Morgan fingerprint density at radius 1 is 1.33 bits per heavy atom. The van der Waals surface area contributed by atoms with Crippen molar-refractivity contribution < 1.29 is 19.2 Å². The first kappa shape index (κ1) is 17.4. The Kier molecular flexibility index (Phi) is 5.43. The molecule has 1 aromatic heterocycles. The number of non-ortho nitro benzene ring substituents is 1. The van der Waals surface area contributed by atoms with E-state index in [2.05, 4.69) is 10.3 Å². The van der Waals surface area contributed by atoms with Gasteiger partial charge >= 0.3 is 5.97 Å². The van der Waals surface area contributed by atoms with Crippen LogP contribution in [0.5, 0.6) is 0 Å². The Balaban J connectivity index is 2.01. The summed E-state index contributed by atoms with van der Waals surface area (Å²) < 4.78 is 5.01. The van der Waals surface area contributed by atoms with Crippen LogP contribution in [0.4, 0.5) is 11.4 Å². The largest absolute Gasteiger partial charge is 0.448 e. The highest BCUT2D eigenvalue weighted by Crippen LogP contribution is 2.26. The summed E-state index contributed by atoms with van der Waals surface area (Å²) in [6.07, 6.45) is 0.323. The van der Waals surface area contributed by atoms with Gasteiger partial charge in [0.15, 0.2) is 6.10 Å². The number of anilines is 1. The van der Waals surface area contributed by atoms with E-state index in [1.807, 2.05) is 0 Å². The number of carbonyl (C=O) groups is 2. The van der Waals surface area contributed by atoms with E-state index in [1.54, 1.807) is 12.1 Å². The van der Waals surface area contributed by atoms with Crippen LogP contribution < -0.4 is 5.32 Å². The van der Waals surface area contributed by atoms with Crippen LogP contribution in [0.1, 0.15) is 17.4 Å². The number of pyridine rings is 1. The highest BCUT2D eigenvalue weighted by molar-refractivity contribution is 6.34. The minimum atomic E-state index is -1.11. The van der Waals surface area contributed by atoms with E-state index < -0.39 is 22.9 Å². The first-order valence-electron chi connectivity index (χ1n) is 6.75. The average molecular weight is 350 g/mol. The monoisotopic (exact) mass is 349 g/mol. The number of amides is 1. The number of nitro groups is 1. The molecule has 1 aromatic carbocycles. The molecule has 0 aliphatic heterocycles. The summed E-state index contributed by atoms with van der Waals surface area (Å²) in [5.41, 5.74) is 0.0474. The van der Waals surface area contributed by atoms with Crippen LogP contribution in [0.3, 0.4) is 0 Å². The molecule has 9 heteroatoms. The molecular formula is C15H12ClN3O5. The lowest BCUT2D eigenvalue weighted by Crippen LogP contribution is -2.30. The second-order valence-corrected chi connectivity index (χ2v) is 5.08. The molecule has 124 valence electrons. The molecule has 0 aliphatic carbocycles. The number of benzene rings is 1. The van der Waals surface area contributed by atoms with Crippen LogP contribution in [0.2, 0.25) is 5.02 Å². The van der Waals surface area contributed by atoms with Crippen molar-refractivity contribution in [2.75, 3.05) is 5.32 Å². The molecule has 0 aliphatic rings. The van der Waals surface area contributed by atoms with E-state index in [-0.39, 0.29) is 22.1 Å². The van der Waals surface area contributed by atoms with Crippen molar-refractivity contribution in [3.05, 3.63) is 63.4 Å². The van der Waals surface area contributed by atoms with Crippen LogP contribution in [0.15, 0.2) is 42.6 Å². The van der Waals surface area contributed by atoms with Gasteiger partial charge in [0.1, 0.15) is 5.69 Å². The topological polar surface area (TPSA) is 111 Å². The third-order valence-electron chi connectivity index (χ3n) is 2.95. The van der Waals surface area contributed by atoms with Crippen molar-refractivity contribution in [3.8, 4) is 0 Å². The molecule has 2 aromatic rings. The number of rotatable bonds is 5. The first-order chi connectivity index (χ1) is 11.4. The molecule has 0 saturated carbocycles. The van der Waals surface area contributed by atoms with Gasteiger partial charge in [-0.05, 0) is 25.1 Å². The molecule has 0 fully saturated rings. The smallest absolute Gasteiger partial charge is 0.357 e. The van der Waals surface area contributed by atoms with Crippen LogP contribution in [-0.4, -0.2) is 27.9 Å². The van der Waals surface area contributed by atoms with Crippen LogP contribution in [-0.2, 0) is 9.53 Å². The fraction of sp³-hybridized carbons (Fsp3) is 0.133. The van der Waals surface area contributed by atoms with Gasteiger partial charge in [-0.2, -0.15) is 0 Å². The SMILES string of the molecule is C[C@H](OC(=O)c1ccccn1)C(=O)Nc1ccc([N+](=O)[O-])cc1Cl. The number of nitrogens with zero attached hydrogens (tertiary/aromatic N) is 2. The van der Waals surface area contributed by atoms with Crippen LogP contribution in [0, 0.1) is 10.1 Å². The predicted octanol–water partition coefficient (Wildman–Crippen LogP) is 2.83. The first-order valence-corrected chi connectivity index (χ1v) is 7.13. The maximum absolute atomic E-state index is 12.0. The average Bonchev–Trinajstić information content (AvgIpc) is 2.57. The Hall–Kier alpha value is -3.00. The maximum atomic E-state index is 12.0. The normalized spacial score (nSPS) is 11.4. The Labute approximate surface area is 141 Å². The number of ether oxygens (including phenoxy) is 1. The van der Waals surface area contributed by atoms with Crippen molar-refractivity contribution in [2.24, 2.45) is 0 Å². The highest BCUT2D eigenvalue weighted by Gasteiger charge is 2.21. The minimum absolute atomic E-state index is 0.000743. The van der Waals surface area contributed by atoms with E-state index in [9.17, 15) is 19.7 Å². The summed E-state index contributed by atoms with van der Waals surface area (Å²) in [7, 11) is 0. The van der Waals surface area contributed by atoms with Gasteiger partial charge in [0, 0.05) is 18.3 Å². The molecule has 0 saturated heterocycles. The van der Waals surface area contributed by atoms with Crippen molar-refractivity contribution >= 4 is 34.9 Å². The summed E-state index contributed by atoms with van der Waals surface area (Å²) in [6, 6.07) is 8.33. The van der Waals surface area contributed by atoms with Crippen LogP contribution >= 0.6 is 11.6 Å². The standard InChI is InChI=1S/C15H12ClN3O5/c1-9(24-15(21)13-4-2-3-7-17-13)14(20)18-12-6-5-10(19(22)23)8-11(12)16/h2-9H,1H3,(H,18,20)/t9-/m0/s1. The lowest BCUT2D eigenvalue weighted by molar-refractivity contribution is -0.384. The molecule has 0 unspecified atom stereocenters. The van der Waals surface area contributed by atoms with E-state index >= 15 is 0 Å². The van der Waals surface area contributed by atoms with Gasteiger partial charge in [-0.15, -0.1) is 0 Å². The molecule has 1 heterocycles. The highest BCUT2D eigenvalue weighted by atomic mass is 35.5. The van der Waals surface area contributed by atoms with Crippen molar-refractivity contribution in [2.45, 2.75) is 13.0 Å². The molecular weight excluding hydrogens is 338 g/mol. The summed E-state index contributed by atoms with van der Waals surface area (Å²) in [5.74, 6) is -1.37. The fourth-order valence-corrected chi connectivity index (χ4v) is 1.93. The summed E-state index contributed by atoms with van der Waals surface area (Å²) >= 11 is 5.89. The minimum Gasteiger partial charge on any atom is -0.448 e. The quantitative estimate of drug-likeness (QED) is 0.504. The molecule has 1 amide bonds. The lowest BCUT2D eigenvalue weighted by Gasteiger charge is -2.13.